The molecule has 0 radical (unpaired) electrons. The van der Waals surface area contributed by atoms with Crippen molar-refractivity contribution in [2.45, 2.75) is 32.4 Å². The van der Waals surface area contributed by atoms with Crippen molar-refractivity contribution in [1.82, 2.24) is 0 Å². The first-order chi connectivity index (χ1) is 14.2. The molecule has 31 heavy (non-hydrogen) atoms. The minimum atomic E-state index is -4.80. The van der Waals surface area contributed by atoms with Crippen molar-refractivity contribution in [3.63, 3.8) is 0 Å². The zero-order chi connectivity index (χ0) is 23.8. The molecule has 8 N–H and O–H groups in total. The van der Waals surface area contributed by atoms with E-state index in [0.717, 1.165) is 24.3 Å². The van der Waals surface area contributed by atoms with E-state index in [-0.39, 0.29) is 11.1 Å². The summed E-state index contributed by atoms with van der Waals surface area (Å²) in [5.74, 6) is 0. The van der Waals surface area contributed by atoms with E-state index in [2.05, 4.69) is 0 Å². The Labute approximate surface area is 178 Å². The van der Waals surface area contributed by atoms with Gasteiger partial charge >= 0.3 is 0 Å². The number of aliphatic hydroxyl groups excluding tert-OH is 2. The van der Waals surface area contributed by atoms with Crippen LogP contribution < -0.4 is 11.5 Å². The Morgan fingerprint density at radius 1 is 0.613 bits per heavy atom. The van der Waals surface area contributed by atoms with Crippen LogP contribution in [0.1, 0.15) is 11.1 Å². The predicted molar refractivity (Wildman–Crippen MR) is 108 cm³/mol. The molecule has 172 valence electrons. The van der Waals surface area contributed by atoms with Gasteiger partial charge in [0.05, 0.1) is 21.2 Å². The van der Waals surface area contributed by atoms with Gasteiger partial charge in [-0.15, -0.1) is 0 Å². The van der Waals surface area contributed by atoms with Crippen molar-refractivity contribution in [3.05, 3.63) is 35.4 Å². The molecule has 12 nitrogen and oxygen atoms in total. The van der Waals surface area contributed by atoms with Crippen LogP contribution in [0.5, 0.6) is 0 Å². The van der Waals surface area contributed by atoms with Gasteiger partial charge in [-0.05, 0) is 48.2 Å². The smallest absolute Gasteiger partial charge is 0.296 e. The standard InChI is InChI=1S/C16H20N2O10S3/c17-15-9(5-7-19)11(1-3-13(15)30(23,24)25)29(21,22)12-2-4-14(31(26,27)28)16(18)10(12)6-8-20/h1-4,19-20H,5-8,17-18H2,(H,23,24,25)(H,26,27,28). The Morgan fingerprint density at radius 2 is 0.903 bits per heavy atom. The fourth-order valence-corrected chi connectivity index (χ4v) is 6.14. The maximum absolute atomic E-state index is 13.4. The molecule has 0 atom stereocenters. The molecule has 0 amide bonds. The SMILES string of the molecule is Nc1c(S(=O)(=O)O)ccc(S(=O)(=O)c2ccc(S(=O)(=O)O)c(N)c2CCO)c1CCO. The van der Waals surface area contributed by atoms with E-state index in [1.165, 1.54) is 0 Å². The van der Waals surface area contributed by atoms with Crippen molar-refractivity contribution in [2.24, 2.45) is 0 Å². The topological polar surface area (TPSA) is 235 Å². The van der Waals surface area contributed by atoms with E-state index in [1.807, 2.05) is 0 Å². The molecule has 0 heterocycles. The molecule has 2 aromatic carbocycles. The van der Waals surface area contributed by atoms with Gasteiger partial charge in [0.2, 0.25) is 9.84 Å². The number of benzene rings is 2. The number of sulfone groups is 1. The first-order valence-corrected chi connectivity index (χ1v) is 12.8. The zero-order valence-corrected chi connectivity index (χ0v) is 18.2. The van der Waals surface area contributed by atoms with Gasteiger partial charge in [0, 0.05) is 13.2 Å². The summed E-state index contributed by atoms with van der Waals surface area (Å²) < 4.78 is 91.3. The van der Waals surface area contributed by atoms with E-state index in [1.54, 1.807) is 0 Å². The second-order valence-electron chi connectivity index (χ2n) is 6.31. The number of hydrogen-bond donors (Lipinski definition) is 6. The molecule has 0 aliphatic rings. The Morgan fingerprint density at radius 3 is 1.16 bits per heavy atom. The number of rotatable bonds is 8. The van der Waals surface area contributed by atoms with Gasteiger partial charge in [0.25, 0.3) is 20.2 Å². The fourth-order valence-electron chi connectivity index (χ4n) is 3.06. The highest BCUT2D eigenvalue weighted by molar-refractivity contribution is 7.91. The number of nitrogens with two attached hydrogens (primary N) is 2. The van der Waals surface area contributed by atoms with Gasteiger partial charge in [-0.1, -0.05) is 0 Å². The summed E-state index contributed by atoms with van der Waals surface area (Å²) in [5.41, 5.74) is 9.71. The highest BCUT2D eigenvalue weighted by Gasteiger charge is 2.30. The van der Waals surface area contributed by atoms with Gasteiger partial charge in [-0.3, -0.25) is 9.11 Å². The summed E-state index contributed by atoms with van der Waals surface area (Å²) in [6.45, 7) is -1.23. The van der Waals surface area contributed by atoms with Crippen LogP contribution in [0.3, 0.4) is 0 Å². The average Bonchev–Trinajstić information content (AvgIpc) is 2.62. The van der Waals surface area contributed by atoms with E-state index in [0.29, 0.717) is 0 Å². The van der Waals surface area contributed by atoms with Gasteiger partial charge in [-0.2, -0.15) is 16.8 Å². The highest BCUT2D eigenvalue weighted by Crippen LogP contribution is 2.36. The third-order valence-electron chi connectivity index (χ3n) is 4.41. The Bertz CT molecular complexity index is 1240. The molecule has 0 aromatic heterocycles. The van der Waals surface area contributed by atoms with Gasteiger partial charge in [-0.25, -0.2) is 8.42 Å². The third kappa shape index (κ3) is 4.82. The molecule has 15 heteroatoms. The summed E-state index contributed by atoms with van der Waals surface area (Å²) >= 11 is 0. The van der Waals surface area contributed by atoms with E-state index in [9.17, 15) is 44.6 Å². The molecular weight excluding hydrogens is 476 g/mol. The Hall–Kier alpha value is -2.27. The molecule has 0 saturated heterocycles. The van der Waals surface area contributed by atoms with Crippen LogP contribution in [0, 0.1) is 0 Å². The van der Waals surface area contributed by atoms with Crippen LogP contribution in [-0.2, 0) is 42.9 Å². The number of aliphatic hydroxyl groups is 2. The molecule has 0 unspecified atom stereocenters. The normalized spacial score (nSPS) is 12.8. The van der Waals surface area contributed by atoms with Crippen LogP contribution in [0.15, 0.2) is 43.8 Å². The number of anilines is 2. The summed E-state index contributed by atoms with van der Waals surface area (Å²) in [6, 6.07) is 3.24. The maximum Gasteiger partial charge on any atom is 0.296 e. The molecule has 0 bridgehead atoms. The molecule has 2 aromatic rings. The van der Waals surface area contributed by atoms with E-state index >= 15 is 0 Å². The lowest BCUT2D eigenvalue weighted by atomic mass is 10.1. The van der Waals surface area contributed by atoms with Crippen molar-refractivity contribution in [1.29, 1.82) is 0 Å². The quantitative estimate of drug-likeness (QED) is 0.195. The molecular formula is C16H20N2O10S3. The molecule has 2 rings (SSSR count). The van der Waals surface area contributed by atoms with Crippen molar-refractivity contribution < 1.29 is 44.6 Å². The van der Waals surface area contributed by atoms with E-state index in [4.69, 9.17) is 11.5 Å². The van der Waals surface area contributed by atoms with Crippen LogP contribution in [0.2, 0.25) is 0 Å². The first kappa shape index (κ1) is 25.0. The molecule has 0 spiro atoms. The highest BCUT2D eigenvalue weighted by atomic mass is 32.2. The lowest BCUT2D eigenvalue weighted by molar-refractivity contribution is 0.299. The van der Waals surface area contributed by atoms with E-state index < -0.39 is 87.1 Å². The van der Waals surface area contributed by atoms with Gasteiger partial charge in [0.15, 0.2) is 0 Å². The lowest BCUT2D eigenvalue weighted by Crippen LogP contribution is -2.16. The molecule has 0 aliphatic carbocycles. The zero-order valence-electron chi connectivity index (χ0n) is 15.8. The predicted octanol–water partition coefficient (Wildman–Crippen LogP) is -0.753. The van der Waals surface area contributed by atoms with Crippen LogP contribution in [-0.4, -0.2) is 57.8 Å². The fraction of sp³-hybridized carbons (Fsp3) is 0.250. The number of hydrogen-bond acceptors (Lipinski definition) is 10. The second kappa shape index (κ2) is 8.70. The van der Waals surface area contributed by atoms with Crippen molar-refractivity contribution in [2.75, 3.05) is 24.7 Å². The van der Waals surface area contributed by atoms with Crippen molar-refractivity contribution >= 4 is 41.4 Å². The second-order valence-corrected chi connectivity index (χ2v) is 11.0. The summed E-state index contributed by atoms with van der Waals surface area (Å²) in [5, 5.41) is 18.6. The molecule has 0 fully saturated rings. The monoisotopic (exact) mass is 496 g/mol. The Kier molecular flexibility index (Phi) is 7.01. The average molecular weight is 497 g/mol. The lowest BCUT2D eigenvalue weighted by Gasteiger charge is -2.18. The molecule has 0 saturated carbocycles. The minimum absolute atomic E-state index is 0.301. The minimum Gasteiger partial charge on any atom is -0.397 e. The van der Waals surface area contributed by atoms with Crippen LogP contribution >= 0.6 is 0 Å². The first-order valence-electron chi connectivity index (χ1n) is 8.42. The summed E-state index contributed by atoms with van der Waals surface area (Å²) in [4.78, 5) is -2.56. The maximum atomic E-state index is 13.4. The largest absolute Gasteiger partial charge is 0.397 e. The third-order valence-corrected chi connectivity index (χ3v) is 8.15. The van der Waals surface area contributed by atoms with Crippen LogP contribution in [0.4, 0.5) is 11.4 Å². The summed E-state index contributed by atoms with van der Waals surface area (Å²) in [7, 11) is -14.1. The van der Waals surface area contributed by atoms with Crippen molar-refractivity contribution in [3.8, 4) is 0 Å². The van der Waals surface area contributed by atoms with Gasteiger partial charge < -0.3 is 21.7 Å². The van der Waals surface area contributed by atoms with Crippen LogP contribution in [0.25, 0.3) is 0 Å². The molecule has 0 aliphatic heterocycles. The number of nitrogen functional groups attached to an aromatic ring is 2. The van der Waals surface area contributed by atoms with Gasteiger partial charge in [0.1, 0.15) is 9.79 Å². The Balaban J connectivity index is 2.90. The summed E-state index contributed by atoms with van der Waals surface area (Å²) in [6.07, 6.45) is -0.782.